The van der Waals surface area contributed by atoms with Gasteiger partial charge < -0.3 is 31.4 Å². The largest absolute Gasteiger partial charge is 0.480 e. The Kier molecular flexibility index (Phi) is 7.75. The third-order valence-corrected chi connectivity index (χ3v) is 5.89. The monoisotopic (exact) mass is 461 g/mol. The van der Waals surface area contributed by atoms with E-state index < -0.39 is 48.4 Å². The molecule has 0 bridgehead atoms. The fraction of sp³-hybridized carbons (Fsp3) is 0.429. The van der Waals surface area contributed by atoms with E-state index in [1.165, 1.54) is 4.90 Å². The van der Waals surface area contributed by atoms with Crippen molar-refractivity contribution in [3.63, 3.8) is 0 Å². The van der Waals surface area contributed by atoms with Crippen molar-refractivity contribution >= 4 is 47.2 Å². The number of carboxylic acid groups (broad SMARTS) is 1. The van der Waals surface area contributed by atoms with Crippen LogP contribution in [0.2, 0.25) is 0 Å². The zero-order valence-electron chi connectivity index (χ0n) is 17.4. The second kappa shape index (κ2) is 10.5. The minimum atomic E-state index is -1.17. The van der Waals surface area contributed by atoms with E-state index in [4.69, 9.17) is 10.8 Å². The zero-order valence-corrected chi connectivity index (χ0v) is 18.3. The average molecular weight is 462 g/mol. The summed E-state index contributed by atoms with van der Waals surface area (Å²) >= 11 is 4.05. The topological polar surface area (TPSA) is 158 Å². The van der Waals surface area contributed by atoms with Gasteiger partial charge in [-0.25, -0.2) is 0 Å². The van der Waals surface area contributed by atoms with E-state index in [9.17, 15) is 19.2 Å². The highest BCUT2D eigenvalue weighted by atomic mass is 32.1. The molecule has 11 heteroatoms. The molecule has 32 heavy (non-hydrogen) atoms. The molecule has 0 saturated carbocycles. The van der Waals surface area contributed by atoms with Gasteiger partial charge in [0, 0.05) is 35.8 Å². The lowest BCUT2D eigenvalue weighted by Gasteiger charge is -2.29. The van der Waals surface area contributed by atoms with Gasteiger partial charge in [0.25, 0.3) is 0 Å². The van der Waals surface area contributed by atoms with Crippen molar-refractivity contribution in [3.8, 4) is 0 Å². The summed E-state index contributed by atoms with van der Waals surface area (Å²) in [6.45, 7) is -0.188. The molecule has 2 aromatic rings. The maximum absolute atomic E-state index is 13.5. The van der Waals surface area contributed by atoms with Crippen LogP contribution in [0.5, 0.6) is 0 Å². The van der Waals surface area contributed by atoms with E-state index in [0.717, 1.165) is 16.5 Å². The van der Waals surface area contributed by atoms with E-state index >= 15 is 0 Å². The number of benzene rings is 1. The number of aliphatic carboxylic acids is 1. The third-order valence-electron chi connectivity index (χ3n) is 5.50. The first-order valence-electron chi connectivity index (χ1n) is 10.3. The molecule has 3 unspecified atom stereocenters. The summed E-state index contributed by atoms with van der Waals surface area (Å²) in [5.41, 5.74) is 7.53. The molecular weight excluding hydrogens is 434 g/mol. The Morgan fingerprint density at radius 1 is 1.28 bits per heavy atom. The number of thiol groups is 1. The maximum Gasteiger partial charge on any atom is 0.322 e. The van der Waals surface area contributed by atoms with Gasteiger partial charge in [0.1, 0.15) is 18.6 Å². The molecule has 3 rings (SSSR count). The van der Waals surface area contributed by atoms with Crippen LogP contribution in [0, 0.1) is 0 Å². The van der Waals surface area contributed by atoms with E-state index in [1.807, 2.05) is 24.3 Å². The molecule has 2 heterocycles. The smallest absolute Gasteiger partial charge is 0.322 e. The number of hydrogen-bond donors (Lipinski definition) is 6. The van der Waals surface area contributed by atoms with Crippen LogP contribution in [0.25, 0.3) is 10.9 Å². The van der Waals surface area contributed by atoms with Gasteiger partial charge in [0.15, 0.2) is 0 Å². The second-order valence-electron chi connectivity index (χ2n) is 7.72. The Labute approximate surface area is 190 Å². The van der Waals surface area contributed by atoms with E-state index in [1.54, 1.807) is 6.20 Å². The Morgan fingerprint density at radius 2 is 2.03 bits per heavy atom. The Balaban J connectivity index is 1.83. The molecule has 6 N–H and O–H groups in total. The number of likely N-dealkylation sites (tertiary alicyclic amines) is 1. The number of carbonyl (C=O) groups excluding carboxylic acids is 3. The lowest BCUT2D eigenvalue weighted by atomic mass is 10.0. The fourth-order valence-electron chi connectivity index (χ4n) is 3.87. The minimum absolute atomic E-state index is 0.115. The SMILES string of the molecule is NC(CS)C(=O)NC(Cc1c[nH]c2ccccc12)C(=O)N1CCCC1C(=O)NCC(=O)O. The summed E-state index contributed by atoms with van der Waals surface area (Å²) in [5, 5.41) is 14.8. The van der Waals surface area contributed by atoms with Crippen LogP contribution in [-0.2, 0) is 25.6 Å². The molecule has 1 aliphatic heterocycles. The molecule has 1 fully saturated rings. The number of nitrogens with two attached hydrogens (primary N) is 1. The predicted molar refractivity (Wildman–Crippen MR) is 121 cm³/mol. The third kappa shape index (κ3) is 5.40. The number of aromatic amines is 1. The van der Waals surface area contributed by atoms with Gasteiger partial charge in [-0.2, -0.15) is 12.6 Å². The first-order valence-corrected chi connectivity index (χ1v) is 11.0. The second-order valence-corrected chi connectivity index (χ2v) is 8.08. The summed E-state index contributed by atoms with van der Waals surface area (Å²) in [7, 11) is 0. The number of nitrogens with zero attached hydrogens (tertiary/aromatic N) is 1. The molecule has 1 aliphatic rings. The molecule has 3 atom stereocenters. The molecule has 0 radical (unpaired) electrons. The lowest BCUT2D eigenvalue weighted by Crippen LogP contribution is -2.56. The average Bonchev–Trinajstić information content (AvgIpc) is 3.43. The summed E-state index contributed by atoms with van der Waals surface area (Å²) in [6, 6.07) is 4.99. The molecular formula is C21H27N5O5S. The molecule has 1 aromatic carbocycles. The van der Waals surface area contributed by atoms with Crippen LogP contribution in [-0.4, -0.2) is 75.6 Å². The lowest BCUT2D eigenvalue weighted by molar-refractivity contribution is -0.142. The number of carbonyl (C=O) groups is 4. The van der Waals surface area contributed by atoms with Crippen LogP contribution < -0.4 is 16.4 Å². The quantitative estimate of drug-likeness (QED) is 0.280. The van der Waals surface area contributed by atoms with E-state index in [0.29, 0.717) is 19.4 Å². The van der Waals surface area contributed by atoms with Gasteiger partial charge in [-0.05, 0) is 24.5 Å². The van der Waals surface area contributed by atoms with Crippen molar-refractivity contribution in [2.45, 2.75) is 37.4 Å². The predicted octanol–water partition coefficient (Wildman–Crippen LogP) is -0.356. The van der Waals surface area contributed by atoms with E-state index in [-0.39, 0.29) is 12.2 Å². The number of para-hydroxylation sites is 1. The van der Waals surface area contributed by atoms with Crippen molar-refractivity contribution in [1.29, 1.82) is 0 Å². The van der Waals surface area contributed by atoms with Crippen LogP contribution >= 0.6 is 12.6 Å². The number of carboxylic acids is 1. The van der Waals surface area contributed by atoms with Gasteiger partial charge in [0.05, 0.1) is 6.04 Å². The number of H-pyrrole nitrogens is 1. The van der Waals surface area contributed by atoms with Crippen LogP contribution in [0.4, 0.5) is 0 Å². The number of nitrogens with one attached hydrogen (secondary N) is 3. The Hall–Kier alpha value is -3.05. The van der Waals surface area contributed by atoms with Crippen molar-refractivity contribution in [2.75, 3.05) is 18.8 Å². The minimum Gasteiger partial charge on any atom is -0.480 e. The molecule has 1 saturated heterocycles. The Morgan fingerprint density at radius 3 is 2.75 bits per heavy atom. The van der Waals surface area contributed by atoms with Crippen molar-refractivity contribution in [3.05, 3.63) is 36.0 Å². The molecule has 172 valence electrons. The number of amides is 3. The number of aromatic nitrogens is 1. The standard InChI is InChI=1S/C21H27N5O5S/c22-14(11-32)19(29)25-16(8-12-9-23-15-5-2-1-4-13(12)15)21(31)26-7-3-6-17(26)20(30)24-10-18(27)28/h1-2,4-5,9,14,16-17,23,32H,3,6-8,10-11,22H2,(H,24,30)(H,25,29)(H,27,28). The fourth-order valence-corrected chi connectivity index (χ4v) is 4.03. The van der Waals surface area contributed by atoms with Crippen LogP contribution in [0.3, 0.4) is 0 Å². The molecule has 0 aliphatic carbocycles. The van der Waals surface area contributed by atoms with Gasteiger partial charge >= 0.3 is 5.97 Å². The first-order chi connectivity index (χ1) is 15.3. The van der Waals surface area contributed by atoms with Gasteiger partial charge in [-0.1, -0.05) is 18.2 Å². The number of hydrogen-bond acceptors (Lipinski definition) is 6. The van der Waals surface area contributed by atoms with Crippen molar-refractivity contribution in [1.82, 2.24) is 20.5 Å². The highest BCUT2D eigenvalue weighted by Gasteiger charge is 2.38. The molecule has 1 aromatic heterocycles. The summed E-state index contributed by atoms with van der Waals surface area (Å²) in [6.07, 6.45) is 3.01. The summed E-state index contributed by atoms with van der Waals surface area (Å²) in [5.74, 6) is -2.50. The van der Waals surface area contributed by atoms with E-state index in [2.05, 4.69) is 28.2 Å². The maximum atomic E-state index is 13.5. The molecule has 3 amide bonds. The van der Waals surface area contributed by atoms with Crippen LogP contribution in [0.15, 0.2) is 30.5 Å². The van der Waals surface area contributed by atoms with Crippen molar-refractivity contribution in [2.24, 2.45) is 5.73 Å². The van der Waals surface area contributed by atoms with Crippen LogP contribution in [0.1, 0.15) is 18.4 Å². The highest BCUT2D eigenvalue weighted by Crippen LogP contribution is 2.23. The van der Waals surface area contributed by atoms with Crippen molar-refractivity contribution < 1.29 is 24.3 Å². The summed E-state index contributed by atoms with van der Waals surface area (Å²) < 4.78 is 0. The normalized spacial score (nSPS) is 17.7. The highest BCUT2D eigenvalue weighted by molar-refractivity contribution is 7.80. The van der Waals surface area contributed by atoms with Gasteiger partial charge in [-0.3, -0.25) is 19.2 Å². The summed E-state index contributed by atoms with van der Waals surface area (Å²) in [4.78, 5) is 53.7. The molecule has 10 nitrogen and oxygen atoms in total. The Bertz CT molecular complexity index is 1010. The van der Waals surface area contributed by atoms with Gasteiger partial charge in [-0.15, -0.1) is 0 Å². The van der Waals surface area contributed by atoms with Gasteiger partial charge in [0.2, 0.25) is 17.7 Å². The first kappa shape index (κ1) is 23.6. The molecule has 0 spiro atoms. The zero-order chi connectivity index (χ0) is 23.3. The number of fused-ring (bicyclic) bond motifs is 1. The number of rotatable bonds is 9.